The Morgan fingerprint density at radius 3 is 2.54 bits per heavy atom. The number of hydrogen-bond donors (Lipinski definition) is 0. The van der Waals surface area contributed by atoms with Gasteiger partial charge < -0.3 is 9.80 Å². The van der Waals surface area contributed by atoms with Gasteiger partial charge >= 0.3 is 0 Å². The molecule has 3 aromatic rings. The summed E-state index contributed by atoms with van der Waals surface area (Å²) in [4.78, 5) is 14.4. The van der Waals surface area contributed by atoms with Crippen LogP contribution in [0.3, 0.4) is 0 Å². The summed E-state index contributed by atoms with van der Waals surface area (Å²) in [7, 11) is 4.23. The van der Waals surface area contributed by atoms with Crippen LogP contribution in [0, 0.1) is 6.92 Å². The topological polar surface area (TPSA) is 31.7 Å². The first kappa shape index (κ1) is 18.4. The molecule has 0 saturated carbocycles. The number of hydrogen-bond acceptors (Lipinski definition) is 4. The maximum absolute atomic E-state index is 5.11. The monoisotopic (exact) mass is 370 g/mol. The summed E-state index contributed by atoms with van der Waals surface area (Å²) in [5.41, 5.74) is 6.66. The highest BCUT2D eigenvalue weighted by Gasteiger charge is 2.25. The van der Waals surface area contributed by atoms with Gasteiger partial charge in [-0.1, -0.05) is 42.5 Å². The van der Waals surface area contributed by atoms with E-state index >= 15 is 0 Å². The zero-order chi connectivity index (χ0) is 19.5. The fourth-order valence-electron chi connectivity index (χ4n) is 3.74. The van der Waals surface area contributed by atoms with Crippen molar-refractivity contribution in [1.29, 1.82) is 0 Å². The third-order valence-corrected chi connectivity index (χ3v) is 5.07. The van der Waals surface area contributed by atoms with Gasteiger partial charge in [-0.15, -0.1) is 0 Å². The van der Waals surface area contributed by atoms with E-state index in [2.05, 4.69) is 79.3 Å². The van der Waals surface area contributed by atoms with Crippen molar-refractivity contribution in [3.05, 3.63) is 83.6 Å². The Hall–Kier alpha value is -2.98. The van der Waals surface area contributed by atoms with Gasteiger partial charge in [0.25, 0.3) is 0 Å². The van der Waals surface area contributed by atoms with Gasteiger partial charge in [-0.05, 0) is 57.7 Å². The van der Waals surface area contributed by atoms with E-state index in [9.17, 15) is 0 Å². The highest BCUT2D eigenvalue weighted by atomic mass is 15.2. The molecule has 2 aromatic carbocycles. The summed E-state index contributed by atoms with van der Waals surface area (Å²) < 4.78 is 0. The third-order valence-electron chi connectivity index (χ3n) is 5.07. The molecule has 0 bridgehead atoms. The number of aromatic nitrogens is 1. The average Bonchev–Trinajstić information content (AvgIpc) is 2.84. The van der Waals surface area contributed by atoms with E-state index in [0.29, 0.717) is 0 Å². The number of anilines is 2. The van der Waals surface area contributed by atoms with Crippen molar-refractivity contribution >= 4 is 22.9 Å². The van der Waals surface area contributed by atoms with Crippen molar-refractivity contribution in [2.24, 2.45) is 4.99 Å². The number of nitrogens with zero attached hydrogens (tertiary/aromatic N) is 4. The number of rotatable bonds is 5. The second-order valence-corrected chi connectivity index (χ2v) is 7.45. The quantitative estimate of drug-likeness (QED) is 0.636. The second-order valence-electron chi connectivity index (χ2n) is 7.45. The summed E-state index contributed by atoms with van der Waals surface area (Å²) in [6.07, 6.45) is 2.91. The molecule has 0 aliphatic carbocycles. The predicted molar refractivity (Wildman–Crippen MR) is 117 cm³/mol. The molecule has 0 saturated heterocycles. The van der Waals surface area contributed by atoms with Gasteiger partial charge in [0.2, 0.25) is 0 Å². The Morgan fingerprint density at radius 1 is 0.929 bits per heavy atom. The average molecular weight is 371 g/mol. The van der Waals surface area contributed by atoms with Crippen molar-refractivity contribution in [3.8, 4) is 0 Å². The Labute approximate surface area is 167 Å². The molecular weight excluding hydrogens is 344 g/mol. The molecule has 0 spiro atoms. The normalized spacial score (nSPS) is 13.0. The van der Waals surface area contributed by atoms with Crippen LogP contribution in [0.25, 0.3) is 0 Å². The molecule has 0 fully saturated rings. The van der Waals surface area contributed by atoms with E-state index in [1.807, 2.05) is 18.3 Å². The molecule has 0 N–H and O–H groups in total. The minimum absolute atomic E-state index is 0.899. The lowest BCUT2D eigenvalue weighted by Crippen LogP contribution is -2.25. The van der Waals surface area contributed by atoms with E-state index in [1.54, 1.807) is 0 Å². The maximum Gasteiger partial charge on any atom is 0.159 e. The molecule has 142 valence electrons. The fraction of sp³-hybridized carbons (Fsp3) is 0.250. The van der Waals surface area contributed by atoms with Crippen molar-refractivity contribution in [2.45, 2.75) is 13.3 Å². The smallest absolute Gasteiger partial charge is 0.159 e. The van der Waals surface area contributed by atoms with Crippen LogP contribution >= 0.6 is 0 Å². The molecule has 0 atom stereocenters. The first-order valence-corrected chi connectivity index (χ1v) is 9.76. The predicted octanol–water partition coefficient (Wildman–Crippen LogP) is 4.96. The third kappa shape index (κ3) is 3.56. The van der Waals surface area contributed by atoms with Crippen LogP contribution in [0.4, 0.5) is 17.2 Å². The summed E-state index contributed by atoms with van der Waals surface area (Å²) in [5.74, 6) is 0.930. The molecule has 4 heteroatoms. The highest BCUT2D eigenvalue weighted by molar-refractivity contribution is 6.19. The summed E-state index contributed by atoms with van der Waals surface area (Å²) in [5, 5.41) is 0. The van der Waals surface area contributed by atoms with Crippen molar-refractivity contribution < 1.29 is 0 Å². The zero-order valence-electron chi connectivity index (χ0n) is 16.8. The lowest BCUT2D eigenvalue weighted by Gasteiger charge is -2.26. The Kier molecular flexibility index (Phi) is 5.22. The van der Waals surface area contributed by atoms with Gasteiger partial charge in [-0.3, -0.25) is 0 Å². The van der Waals surface area contributed by atoms with E-state index in [0.717, 1.165) is 42.3 Å². The molecular formula is C24H26N4. The molecule has 2 heterocycles. The van der Waals surface area contributed by atoms with Gasteiger partial charge in [0.1, 0.15) is 5.69 Å². The number of fused-ring (bicyclic) bond motifs is 2. The van der Waals surface area contributed by atoms with Crippen LogP contribution in [-0.4, -0.2) is 42.8 Å². The number of benzene rings is 2. The Morgan fingerprint density at radius 2 is 1.75 bits per heavy atom. The SMILES string of the molecule is Cc1cccc2c1C(c1ccccc1)=Nc1cccnc1N2CCCN(C)C. The molecule has 4 nitrogen and oxygen atoms in total. The molecule has 1 aliphatic heterocycles. The van der Waals surface area contributed by atoms with Gasteiger partial charge in [0.15, 0.2) is 5.82 Å². The van der Waals surface area contributed by atoms with Crippen molar-refractivity contribution in [2.75, 3.05) is 32.1 Å². The first-order valence-electron chi connectivity index (χ1n) is 9.76. The van der Waals surface area contributed by atoms with Gasteiger partial charge in [0.05, 0.1) is 11.4 Å². The van der Waals surface area contributed by atoms with E-state index in [4.69, 9.17) is 9.98 Å². The number of pyridine rings is 1. The summed E-state index contributed by atoms with van der Waals surface area (Å²) in [6.45, 7) is 4.10. The van der Waals surface area contributed by atoms with Crippen molar-refractivity contribution in [1.82, 2.24) is 9.88 Å². The van der Waals surface area contributed by atoms with Crippen LogP contribution in [0.5, 0.6) is 0 Å². The van der Waals surface area contributed by atoms with E-state index < -0.39 is 0 Å². The Balaban J connectivity index is 1.90. The summed E-state index contributed by atoms with van der Waals surface area (Å²) in [6, 6.07) is 21.0. The highest BCUT2D eigenvalue weighted by Crippen LogP contribution is 2.40. The molecule has 0 radical (unpaired) electrons. The lowest BCUT2D eigenvalue weighted by atomic mass is 9.96. The first-order chi connectivity index (χ1) is 13.6. The van der Waals surface area contributed by atoms with E-state index in [1.165, 1.54) is 16.8 Å². The number of aliphatic imine (C=N–C) groups is 1. The van der Waals surface area contributed by atoms with E-state index in [-0.39, 0.29) is 0 Å². The fourth-order valence-corrected chi connectivity index (χ4v) is 3.74. The van der Waals surface area contributed by atoms with Crippen LogP contribution in [0.1, 0.15) is 23.1 Å². The van der Waals surface area contributed by atoms with Crippen LogP contribution in [0.2, 0.25) is 0 Å². The molecule has 1 aliphatic rings. The minimum atomic E-state index is 0.899. The largest absolute Gasteiger partial charge is 0.324 e. The number of aryl methyl sites for hydroxylation is 1. The van der Waals surface area contributed by atoms with Gasteiger partial charge in [-0.25, -0.2) is 9.98 Å². The zero-order valence-corrected chi connectivity index (χ0v) is 16.8. The second kappa shape index (κ2) is 7.95. The Bertz CT molecular complexity index is 992. The molecule has 4 rings (SSSR count). The molecule has 0 amide bonds. The minimum Gasteiger partial charge on any atom is -0.324 e. The standard InChI is InChI=1S/C24H26N4/c1-18-10-7-14-21-22(18)23(19-11-5-4-6-12-19)26-20-13-8-15-25-24(20)28(21)17-9-16-27(2)3/h4-8,10-15H,9,16-17H2,1-3H3. The maximum atomic E-state index is 5.11. The molecule has 0 unspecified atom stereocenters. The van der Waals surface area contributed by atoms with Gasteiger partial charge in [0, 0.05) is 23.9 Å². The van der Waals surface area contributed by atoms with Crippen molar-refractivity contribution in [3.63, 3.8) is 0 Å². The van der Waals surface area contributed by atoms with Crippen LogP contribution in [0.15, 0.2) is 71.9 Å². The van der Waals surface area contributed by atoms with Crippen LogP contribution in [-0.2, 0) is 0 Å². The lowest BCUT2D eigenvalue weighted by molar-refractivity contribution is 0.402. The summed E-state index contributed by atoms with van der Waals surface area (Å²) >= 11 is 0. The van der Waals surface area contributed by atoms with Crippen LogP contribution < -0.4 is 4.90 Å². The molecule has 28 heavy (non-hydrogen) atoms. The molecule has 1 aromatic heterocycles. The van der Waals surface area contributed by atoms with Gasteiger partial charge in [-0.2, -0.15) is 0 Å².